The molecule has 5 rings (SSSR count). The average Bonchev–Trinajstić information content (AvgIpc) is 3.09. The van der Waals surface area contributed by atoms with Crippen molar-refractivity contribution in [3.63, 3.8) is 0 Å². The Kier molecular flexibility index (Phi) is 11.5. The molecule has 0 spiro atoms. The SMILES string of the molecule is NCCC[C@H](NC(=O)[C@@H](Cc1ccc2ccccc2c1)NC(=O)[C@@H](Cc1ccc2ccccc2c1)NC(=O)C1CCNCC1)C(N)=O. The Bertz CT molecular complexity index is 1720. The molecule has 4 aromatic rings. The maximum absolute atomic E-state index is 14.1. The van der Waals surface area contributed by atoms with Gasteiger partial charge in [0, 0.05) is 18.8 Å². The number of hydrogen-bond donors (Lipinski definition) is 6. The molecule has 0 radical (unpaired) electrons. The van der Waals surface area contributed by atoms with E-state index in [2.05, 4.69) is 21.3 Å². The molecule has 0 saturated carbocycles. The van der Waals surface area contributed by atoms with Crippen molar-refractivity contribution in [3.8, 4) is 0 Å². The average molecular weight is 637 g/mol. The van der Waals surface area contributed by atoms with E-state index in [9.17, 15) is 19.2 Å². The highest BCUT2D eigenvalue weighted by atomic mass is 16.2. The third-order valence-electron chi connectivity index (χ3n) is 8.84. The summed E-state index contributed by atoms with van der Waals surface area (Å²) in [6, 6.07) is 24.7. The summed E-state index contributed by atoms with van der Waals surface area (Å²) in [7, 11) is 0. The minimum absolute atomic E-state index is 0.162. The van der Waals surface area contributed by atoms with Crippen molar-refractivity contribution >= 4 is 45.2 Å². The Labute approximate surface area is 275 Å². The number of hydrogen-bond acceptors (Lipinski definition) is 6. The van der Waals surface area contributed by atoms with E-state index in [-0.39, 0.29) is 31.1 Å². The highest BCUT2D eigenvalue weighted by Gasteiger charge is 2.31. The number of nitrogens with one attached hydrogen (secondary N) is 4. The fourth-order valence-electron chi connectivity index (χ4n) is 6.15. The molecule has 1 saturated heterocycles. The van der Waals surface area contributed by atoms with Crippen molar-refractivity contribution in [1.29, 1.82) is 0 Å². The molecule has 4 aromatic carbocycles. The smallest absolute Gasteiger partial charge is 0.243 e. The van der Waals surface area contributed by atoms with Crippen LogP contribution in [-0.2, 0) is 32.0 Å². The minimum atomic E-state index is -1.04. The molecule has 1 heterocycles. The number of piperidine rings is 1. The first-order valence-electron chi connectivity index (χ1n) is 16.4. The van der Waals surface area contributed by atoms with Crippen LogP contribution in [0, 0.1) is 5.92 Å². The van der Waals surface area contributed by atoms with E-state index in [1.165, 1.54) is 0 Å². The van der Waals surface area contributed by atoms with E-state index in [0.29, 0.717) is 25.8 Å². The van der Waals surface area contributed by atoms with E-state index in [1.807, 2.05) is 84.9 Å². The van der Waals surface area contributed by atoms with Gasteiger partial charge in [0.25, 0.3) is 0 Å². The number of carbonyl (C=O) groups is 4. The third kappa shape index (κ3) is 9.15. The molecular weight excluding hydrogens is 592 g/mol. The molecular formula is C37H44N6O4. The number of fused-ring (bicyclic) bond motifs is 2. The van der Waals surface area contributed by atoms with Crippen LogP contribution in [0.1, 0.15) is 36.8 Å². The van der Waals surface area contributed by atoms with Gasteiger partial charge in [0.1, 0.15) is 18.1 Å². The number of amides is 4. The van der Waals surface area contributed by atoms with Crippen LogP contribution in [0.15, 0.2) is 84.9 Å². The van der Waals surface area contributed by atoms with Gasteiger partial charge in [-0.15, -0.1) is 0 Å². The Morgan fingerprint density at radius 1 is 0.681 bits per heavy atom. The Morgan fingerprint density at radius 2 is 1.17 bits per heavy atom. The van der Waals surface area contributed by atoms with Crippen molar-refractivity contribution in [2.45, 2.75) is 56.7 Å². The van der Waals surface area contributed by atoms with Crippen LogP contribution in [0.25, 0.3) is 21.5 Å². The zero-order valence-corrected chi connectivity index (χ0v) is 26.5. The fraction of sp³-hybridized carbons (Fsp3) is 0.351. The zero-order chi connectivity index (χ0) is 33.2. The van der Waals surface area contributed by atoms with Crippen LogP contribution >= 0.6 is 0 Å². The molecule has 8 N–H and O–H groups in total. The summed E-state index contributed by atoms with van der Waals surface area (Å²) in [4.78, 5) is 53.5. The van der Waals surface area contributed by atoms with E-state index in [0.717, 1.165) is 45.8 Å². The summed E-state index contributed by atoms with van der Waals surface area (Å²) in [6.45, 7) is 1.81. The lowest BCUT2D eigenvalue weighted by molar-refractivity contribution is -0.134. The predicted molar refractivity (Wildman–Crippen MR) is 184 cm³/mol. The normalized spacial score (nSPS) is 15.4. The maximum atomic E-state index is 14.1. The summed E-state index contributed by atoms with van der Waals surface area (Å²) < 4.78 is 0. The van der Waals surface area contributed by atoms with Gasteiger partial charge >= 0.3 is 0 Å². The molecule has 0 aromatic heterocycles. The van der Waals surface area contributed by atoms with Crippen LogP contribution in [0.3, 0.4) is 0 Å². The standard InChI is InChI=1S/C37H44N6O4/c38-17-5-10-31(34(39)44)41-36(46)33(23-25-12-14-27-7-2-4-9-30(27)21-25)43-37(47)32(42-35(45)28-15-18-40-19-16-28)22-24-11-13-26-6-1-3-8-29(26)20-24/h1-4,6-9,11-14,20-21,28,31-33,40H,5,10,15-19,22-23,38H2,(H2,39,44)(H,41,46)(H,42,45)(H,43,47)/t31-,32+,33+/m0/s1. The van der Waals surface area contributed by atoms with E-state index in [1.54, 1.807) is 0 Å². The van der Waals surface area contributed by atoms with Crippen LogP contribution < -0.4 is 32.7 Å². The van der Waals surface area contributed by atoms with Crippen molar-refractivity contribution < 1.29 is 19.2 Å². The van der Waals surface area contributed by atoms with Crippen molar-refractivity contribution in [1.82, 2.24) is 21.3 Å². The highest BCUT2D eigenvalue weighted by molar-refractivity contribution is 5.95. The summed E-state index contributed by atoms with van der Waals surface area (Å²) in [5.41, 5.74) is 13.0. The quantitative estimate of drug-likeness (QED) is 0.124. The van der Waals surface area contributed by atoms with Gasteiger partial charge < -0.3 is 32.7 Å². The topological polar surface area (TPSA) is 168 Å². The van der Waals surface area contributed by atoms with E-state index in [4.69, 9.17) is 11.5 Å². The number of rotatable bonds is 14. The van der Waals surface area contributed by atoms with Gasteiger partial charge in [-0.3, -0.25) is 19.2 Å². The van der Waals surface area contributed by atoms with Gasteiger partial charge in [-0.25, -0.2) is 0 Å². The third-order valence-corrected chi connectivity index (χ3v) is 8.84. The van der Waals surface area contributed by atoms with Crippen LogP contribution in [0.5, 0.6) is 0 Å². The summed E-state index contributed by atoms with van der Waals surface area (Å²) in [5, 5.41) is 16.1. The zero-order valence-electron chi connectivity index (χ0n) is 26.5. The van der Waals surface area contributed by atoms with Crippen LogP contribution in [0.2, 0.25) is 0 Å². The second kappa shape index (κ2) is 16.2. The molecule has 47 heavy (non-hydrogen) atoms. The van der Waals surface area contributed by atoms with Gasteiger partial charge in [0.15, 0.2) is 0 Å². The van der Waals surface area contributed by atoms with Crippen LogP contribution in [0.4, 0.5) is 0 Å². The molecule has 10 heteroatoms. The summed E-state index contributed by atoms with van der Waals surface area (Å²) >= 11 is 0. The summed E-state index contributed by atoms with van der Waals surface area (Å²) in [5.74, 6) is -2.09. The Balaban J connectivity index is 1.41. The fourth-order valence-corrected chi connectivity index (χ4v) is 6.15. The molecule has 10 nitrogen and oxygen atoms in total. The lowest BCUT2D eigenvalue weighted by Gasteiger charge is -2.27. The molecule has 1 fully saturated rings. The lowest BCUT2D eigenvalue weighted by atomic mass is 9.95. The first kappa shape index (κ1) is 33.6. The molecule has 3 atom stereocenters. The van der Waals surface area contributed by atoms with Crippen molar-refractivity contribution in [3.05, 3.63) is 96.1 Å². The molecule has 0 unspecified atom stereocenters. The van der Waals surface area contributed by atoms with Crippen molar-refractivity contribution in [2.24, 2.45) is 17.4 Å². The second-order valence-corrected chi connectivity index (χ2v) is 12.3. The molecule has 4 amide bonds. The van der Waals surface area contributed by atoms with Gasteiger partial charge in [-0.2, -0.15) is 0 Å². The van der Waals surface area contributed by atoms with E-state index >= 15 is 0 Å². The van der Waals surface area contributed by atoms with Crippen molar-refractivity contribution in [2.75, 3.05) is 19.6 Å². The number of nitrogens with two attached hydrogens (primary N) is 2. The molecule has 246 valence electrons. The monoisotopic (exact) mass is 636 g/mol. The minimum Gasteiger partial charge on any atom is -0.368 e. The van der Waals surface area contributed by atoms with Gasteiger partial charge in [-0.05, 0) is 78.0 Å². The van der Waals surface area contributed by atoms with Gasteiger partial charge in [0.2, 0.25) is 23.6 Å². The lowest BCUT2D eigenvalue weighted by Crippen LogP contribution is -2.58. The number of primary amides is 1. The van der Waals surface area contributed by atoms with Crippen LogP contribution in [-0.4, -0.2) is 61.4 Å². The molecule has 1 aliphatic heterocycles. The Hall–Kier alpha value is -4.80. The van der Waals surface area contributed by atoms with E-state index < -0.39 is 35.8 Å². The first-order chi connectivity index (χ1) is 22.8. The predicted octanol–water partition coefficient (Wildman–Crippen LogP) is 2.46. The molecule has 1 aliphatic rings. The molecule has 0 aliphatic carbocycles. The second-order valence-electron chi connectivity index (χ2n) is 12.3. The Morgan fingerprint density at radius 3 is 1.68 bits per heavy atom. The van der Waals surface area contributed by atoms with Gasteiger partial charge in [0.05, 0.1) is 0 Å². The largest absolute Gasteiger partial charge is 0.368 e. The summed E-state index contributed by atoms with van der Waals surface area (Å²) in [6.07, 6.45) is 2.53. The number of benzene rings is 4. The first-order valence-corrected chi connectivity index (χ1v) is 16.4. The highest BCUT2D eigenvalue weighted by Crippen LogP contribution is 2.19. The number of carbonyl (C=O) groups excluding carboxylic acids is 4. The van der Waals surface area contributed by atoms with Gasteiger partial charge in [-0.1, -0.05) is 84.9 Å². The maximum Gasteiger partial charge on any atom is 0.243 e. The molecule has 0 bridgehead atoms.